The molecule has 2 saturated carbocycles. The van der Waals surface area contributed by atoms with Crippen molar-refractivity contribution in [1.29, 1.82) is 0 Å². The normalized spacial score (nSPS) is 25.6. The van der Waals surface area contributed by atoms with Crippen LogP contribution in [0.15, 0.2) is 58.3 Å². The van der Waals surface area contributed by atoms with E-state index in [0.717, 1.165) is 17.7 Å². The molecule has 4 amide bonds. The lowest BCUT2D eigenvalue weighted by Gasteiger charge is -2.30. The summed E-state index contributed by atoms with van der Waals surface area (Å²) in [6.07, 6.45) is 6.29. The third kappa shape index (κ3) is 8.28. The predicted octanol–water partition coefficient (Wildman–Crippen LogP) is 6.09. The number of aromatic nitrogens is 1. The number of rotatable bonds is 7. The summed E-state index contributed by atoms with van der Waals surface area (Å²) in [7, 11) is -3.93. The van der Waals surface area contributed by atoms with Gasteiger partial charge in [0.1, 0.15) is 46.2 Å². The Labute approximate surface area is 338 Å². The van der Waals surface area contributed by atoms with E-state index < -0.39 is 80.2 Å². The highest BCUT2D eigenvalue weighted by Crippen LogP contribution is 2.46. The number of allylic oxidation sites excluding steroid dienone is 1. The summed E-state index contributed by atoms with van der Waals surface area (Å²) in [4.78, 5) is 63.1. The van der Waals surface area contributed by atoms with Gasteiger partial charge >= 0.3 is 6.09 Å². The molecule has 5 atom stereocenters. The molecule has 1 saturated heterocycles. The van der Waals surface area contributed by atoms with Crippen LogP contribution in [0.25, 0.3) is 32.6 Å². The number of thiophene rings is 1. The lowest BCUT2D eigenvalue weighted by atomic mass is 10.0. The van der Waals surface area contributed by atoms with E-state index in [0.29, 0.717) is 47.9 Å². The van der Waals surface area contributed by atoms with Gasteiger partial charge in [-0.05, 0) is 88.9 Å². The molecule has 0 bridgehead atoms. The summed E-state index contributed by atoms with van der Waals surface area (Å²) >= 11 is 1.45. The Kier molecular flexibility index (Phi) is 10.5. The smallest absolute Gasteiger partial charge is 0.408 e. The van der Waals surface area contributed by atoms with Crippen LogP contribution in [-0.4, -0.2) is 83.2 Å². The predicted molar refractivity (Wildman–Crippen MR) is 214 cm³/mol. The number of benzene rings is 1. The van der Waals surface area contributed by atoms with Crippen LogP contribution in [-0.2, 0) is 29.1 Å². The Morgan fingerprint density at radius 3 is 2.66 bits per heavy atom. The average Bonchev–Trinajstić information content (AvgIpc) is 3.95. The minimum atomic E-state index is -3.93. The van der Waals surface area contributed by atoms with Gasteiger partial charge in [-0.15, -0.1) is 11.3 Å². The zero-order chi connectivity index (χ0) is 41.0. The molecule has 0 spiro atoms. The molecule has 14 nitrogen and oxygen atoms in total. The van der Waals surface area contributed by atoms with Gasteiger partial charge < -0.3 is 29.4 Å². The van der Waals surface area contributed by atoms with Crippen molar-refractivity contribution >= 4 is 67.2 Å². The van der Waals surface area contributed by atoms with Gasteiger partial charge in [-0.1, -0.05) is 31.1 Å². The molecule has 1 aromatic carbocycles. The highest BCUT2D eigenvalue weighted by Gasteiger charge is 2.62. The monoisotopic (exact) mass is 835 g/mol. The zero-order valence-corrected chi connectivity index (χ0v) is 34.1. The molecule has 3 N–H and O–H groups in total. The van der Waals surface area contributed by atoms with Gasteiger partial charge in [0.05, 0.1) is 22.4 Å². The first-order valence-corrected chi connectivity index (χ1v) is 22.1. The van der Waals surface area contributed by atoms with Gasteiger partial charge in [0.25, 0.3) is 5.91 Å². The fraction of sp³-hybridized carbons (Fsp3) is 0.488. The maximum absolute atomic E-state index is 14.6. The van der Waals surface area contributed by atoms with Crippen LogP contribution in [0.5, 0.6) is 5.75 Å². The van der Waals surface area contributed by atoms with Crippen molar-refractivity contribution in [3.8, 4) is 16.3 Å². The number of ether oxygens (including phenoxy) is 2. The number of fused-ring (bicyclic) bond motifs is 5. The lowest BCUT2D eigenvalue weighted by molar-refractivity contribution is -0.141. The Hall–Kier alpha value is -5.03. The van der Waals surface area contributed by atoms with Crippen LogP contribution in [0.4, 0.5) is 9.18 Å². The van der Waals surface area contributed by atoms with Crippen LogP contribution >= 0.6 is 11.3 Å². The number of hydrogen-bond acceptors (Lipinski definition) is 11. The van der Waals surface area contributed by atoms with Crippen LogP contribution in [0.1, 0.15) is 78.6 Å². The molecule has 17 heteroatoms. The van der Waals surface area contributed by atoms with E-state index in [4.69, 9.17) is 18.9 Å². The number of sulfonamides is 1. The molecular weight excluding hydrogens is 790 g/mol. The number of carbonyl (C=O) groups is 4. The molecule has 8 rings (SSSR count). The quantitative estimate of drug-likeness (QED) is 0.184. The minimum absolute atomic E-state index is 0.0255. The summed E-state index contributed by atoms with van der Waals surface area (Å²) in [5, 5.41) is 7.30. The average molecular weight is 836 g/mol. The standard InChI is InChI=1S/C41H46FN5O9S2/c1-40(2,3)56-39(51)44-28-11-8-6-4-5-7-10-23-21-41(23,38(50)46-58(52,53)26-14-15-26)45-36(48)30-19-25(22-47(30)37(28)49)54-32-20-29(33-12-9-17-57-33)43-34-27-18-24(42)13-16-31(27)55-35(32)34/h7,9-10,12-13,16-18,20,23,25-26,28,30H,4-6,8,11,14-15,19,21-22H2,1-3H3,(H,44,51)(H,45,48)(H,46,50)/t23-,25-,28+,30+,41-/m1/s1. The second-order valence-corrected chi connectivity index (χ2v) is 19.5. The van der Waals surface area contributed by atoms with Crippen LogP contribution in [0.3, 0.4) is 0 Å². The SMILES string of the molecule is CC(C)(C)OC(=O)N[C@H]1CCCCCC=C[C@@H]2C[C@@]2(C(=O)NS(=O)(=O)C2CC2)NC(=O)[C@@H]2C[C@@H](Oc3cc(-c4cccs4)nc4c3oc3ccc(F)cc34)CN2C1=O. The largest absolute Gasteiger partial charge is 0.484 e. The van der Waals surface area contributed by atoms with Gasteiger partial charge in [-0.25, -0.2) is 22.6 Å². The van der Waals surface area contributed by atoms with Crippen molar-refractivity contribution in [3.63, 3.8) is 0 Å². The number of furan rings is 1. The van der Waals surface area contributed by atoms with Gasteiger partial charge in [0, 0.05) is 23.8 Å². The maximum atomic E-state index is 14.6. The molecule has 0 unspecified atom stereocenters. The van der Waals surface area contributed by atoms with E-state index in [-0.39, 0.29) is 37.1 Å². The van der Waals surface area contributed by atoms with Crippen LogP contribution < -0.4 is 20.1 Å². The highest BCUT2D eigenvalue weighted by molar-refractivity contribution is 7.91. The van der Waals surface area contributed by atoms with E-state index in [9.17, 15) is 32.0 Å². The second kappa shape index (κ2) is 15.3. The van der Waals surface area contributed by atoms with Crippen molar-refractivity contribution in [1.82, 2.24) is 25.2 Å². The van der Waals surface area contributed by atoms with E-state index >= 15 is 0 Å². The van der Waals surface area contributed by atoms with Crippen LogP contribution in [0.2, 0.25) is 0 Å². The van der Waals surface area contributed by atoms with Gasteiger partial charge in [0.15, 0.2) is 11.3 Å². The number of alkyl carbamates (subject to hydrolysis) is 1. The fourth-order valence-electron chi connectivity index (χ4n) is 7.79. The Morgan fingerprint density at radius 1 is 1.10 bits per heavy atom. The van der Waals surface area contributed by atoms with Crippen LogP contribution in [0, 0.1) is 11.7 Å². The first kappa shape index (κ1) is 39.8. The number of pyridine rings is 1. The minimum Gasteiger partial charge on any atom is -0.484 e. The van der Waals surface area contributed by atoms with Crippen molar-refractivity contribution in [2.45, 2.75) is 113 Å². The molecule has 3 aromatic heterocycles. The molecule has 0 radical (unpaired) electrons. The number of amides is 4. The van der Waals surface area contributed by atoms with Crippen molar-refractivity contribution in [3.05, 3.63) is 59.7 Å². The molecule has 2 aliphatic heterocycles. The number of halogens is 1. The molecular formula is C41H46FN5O9S2. The Morgan fingerprint density at radius 2 is 1.91 bits per heavy atom. The molecule has 3 fully saturated rings. The summed E-state index contributed by atoms with van der Waals surface area (Å²) in [6.45, 7) is 5.06. The lowest BCUT2D eigenvalue weighted by Crippen LogP contribution is -2.58. The van der Waals surface area contributed by atoms with E-state index in [1.807, 2.05) is 29.7 Å². The summed E-state index contributed by atoms with van der Waals surface area (Å²) < 4.78 is 60.8. The Bertz CT molecular complexity index is 2410. The molecule has 2 aliphatic carbocycles. The summed E-state index contributed by atoms with van der Waals surface area (Å²) in [5.74, 6) is -2.69. The van der Waals surface area contributed by atoms with Gasteiger partial charge in [-0.2, -0.15) is 0 Å². The Balaban J connectivity index is 1.14. The number of hydrogen-bond donors (Lipinski definition) is 3. The topological polar surface area (TPSA) is 186 Å². The number of nitrogens with one attached hydrogen (secondary N) is 3. The summed E-state index contributed by atoms with van der Waals surface area (Å²) in [6, 6.07) is 7.37. The zero-order valence-electron chi connectivity index (χ0n) is 32.4. The van der Waals surface area contributed by atoms with Crippen molar-refractivity contribution < 1.29 is 45.9 Å². The second-order valence-electron chi connectivity index (χ2n) is 16.6. The number of carbonyl (C=O) groups excluding carboxylic acids is 4. The molecule has 5 heterocycles. The van der Waals surface area contributed by atoms with E-state index in [2.05, 4.69) is 15.4 Å². The molecule has 58 heavy (non-hydrogen) atoms. The number of nitrogens with zero attached hydrogens (tertiary/aromatic N) is 2. The third-order valence-electron chi connectivity index (χ3n) is 10.9. The summed E-state index contributed by atoms with van der Waals surface area (Å²) in [5.41, 5.74) is -0.811. The van der Waals surface area contributed by atoms with Crippen molar-refractivity contribution in [2.24, 2.45) is 5.92 Å². The van der Waals surface area contributed by atoms with Crippen molar-refractivity contribution in [2.75, 3.05) is 6.54 Å². The molecule has 4 aromatic rings. The fourth-order valence-corrected chi connectivity index (χ4v) is 9.84. The third-order valence-corrected chi connectivity index (χ3v) is 13.7. The highest BCUT2D eigenvalue weighted by atomic mass is 32.2. The van der Waals surface area contributed by atoms with Gasteiger partial charge in [-0.3, -0.25) is 19.1 Å². The van der Waals surface area contributed by atoms with E-state index in [1.54, 1.807) is 26.8 Å². The molecule has 308 valence electrons. The first-order chi connectivity index (χ1) is 27.6. The van der Waals surface area contributed by atoms with E-state index in [1.165, 1.54) is 34.4 Å². The van der Waals surface area contributed by atoms with Gasteiger partial charge in [0.2, 0.25) is 21.8 Å². The first-order valence-electron chi connectivity index (χ1n) is 19.7. The molecule has 4 aliphatic rings. The maximum Gasteiger partial charge on any atom is 0.408 e.